The number of nitrogens with one attached hydrogen (secondary N) is 1. The maximum Gasteiger partial charge on any atom is 0.266 e. The van der Waals surface area contributed by atoms with Crippen LogP contribution >= 0.6 is 0 Å². The van der Waals surface area contributed by atoms with Crippen molar-refractivity contribution in [2.75, 3.05) is 0 Å². The lowest BCUT2D eigenvalue weighted by molar-refractivity contribution is 0.0985. The molecule has 0 unspecified atom stereocenters. The Kier molecular flexibility index (Phi) is 2.08. The predicted molar refractivity (Wildman–Crippen MR) is 55.2 cm³/mol. The highest BCUT2D eigenvalue weighted by Gasteiger charge is 2.32. The molecule has 1 heterocycles. The van der Waals surface area contributed by atoms with E-state index in [1.165, 1.54) is 6.07 Å². The van der Waals surface area contributed by atoms with E-state index >= 15 is 0 Å². The molecule has 0 saturated carbocycles. The molecule has 4 nitrogen and oxygen atoms in total. The van der Waals surface area contributed by atoms with Crippen LogP contribution in [0.5, 0.6) is 0 Å². The zero-order valence-corrected chi connectivity index (χ0v) is 9.26. The highest BCUT2D eigenvalue weighted by molar-refractivity contribution is 7.90. The van der Waals surface area contributed by atoms with Gasteiger partial charge in [-0.15, -0.1) is 0 Å². The molecule has 0 aromatic heterocycles. The number of amides is 1. The van der Waals surface area contributed by atoms with Crippen molar-refractivity contribution in [3.05, 3.63) is 29.3 Å². The monoisotopic (exact) mass is 225 g/mol. The van der Waals surface area contributed by atoms with Crippen molar-refractivity contribution in [3.63, 3.8) is 0 Å². The Bertz CT molecular complexity index is 532. The van der Waals surface area contributed by atoms with Crippen molar-refractivity contribution < 1.29 is 13.2 Å². The molecule has 1 amide bonds. The predicted octanol–water partition coefficient (Wildman–Crippen LogP) is 1.24. The number of fused-ring (bicyclic) bond motifs is 1. The second kappa shape index (κ2) is 3.06. The smallest absolute Gasteiger partial charge is 0.266 e. The van der Waals surface area contributed by atoms with Gasteiger partial charge in [0, 0.05) is 0 Å². The minimum atomic E-state index is -3.60. The Morgan fingerprint density at radius 2 is 1.93 bits per heavy atom. The van der Waals surface area contributed by atoms with Crippen molar-refractivity contribution in [3.8, 4) is 0 Å². The van der Waals surface area contributed by atoms with E-state index in [1.54, 1.807) is 12.1 Å². The molecule has 0 spiro atoms. The van der Waals surface area contributed by atoms with Crippen LogP contribution in [0.3, 0.4) is 0 Å². The quantitative estimate of drug-likeness (QED) is 0.782. The molecular formula is C10H11NO3S. The second-order valence-corrected chi connectivity index (χ2v) is 5.50. The van der Waals surface area contributed by atoms with Gasteiger partial charge in [0.1, 0.15) is 4.90 Å². The topological polar surface area (TPSA) is 63.2 Å². The summed E-state index contributed by atoms with van der Waals surface area (Å²) in [5, 5.41) is 0. The van der Waals surface area contributed by atoms with Gasteiger partial charge in [0.15, 0.2) is 0 Å². The van der Waals surface area contributed by atoms with Gasteiger partial charge in [-0.3, -0.25) is 4.79 Å². The fraction of sp³-hybridized carbons (Fsp3) is 0.300. The molecule has 2 rings (SSSR count). The Hall–Kier alpha value is -1.36. The van der Waals surface area contributed by atoms with Crippen molar-refractivity contribution in [2.45, 2.75) is 24.7 Å². The van der Waals surface area contributed by atoms with Gasteiger partial charge in [0.2, 0.25) is 0 Å². The first-order valence-electron chi connectivity index (χ1n) is 4.63. The summed E-state index contributed by atoms with van der Waals surface area (Å²) >= 11 is 0. The third-order valence-electron chi connectivity index (χ3n) is 2.43. The standard InChI is InChI=1S/C10H11NO3S/c1-6(2)7-3-4-9-8(5-7)10(12)11-15(9,13)14/h3-6H,1-2H3,(H,11,12). The molecule has 5 heteroatoms. The lowest BCUT2D eigenvalue weighted by Gasteiger charge is -2.05. The Morgan fingerprint density at radius 1 is 1.27 bits per heavy atom. The third kappa shape index (κ3) is 1.52. The van der Waals surface area contributed by atoms with Gasteiger partial charge in [0.25, 0.3) is 15.9 Å². The van der Waals surface area contributed by atoms with E-state index in [2.05, 4.69) is 0 Å². The lowest BCUT2D eigenvalue weighted by atomic mass is 10.0. The molecule has 0 atom stereocenters. The van der Waals surface area contributed by atoms with E-state index in [1.807, 2.05) is 18.6 Å². The molecule has 0 bridgehead atoms. The number of carbonyl (C=O) groups is 1. The maximum absolute atomic E-state index is 11.4. The van der Waals surface area contributed by atoms with Crippen molar-refractivity contribution in [1.82, 2.24) is 4.72 Å². The van der Waals surface area contributed by atoms with Crippen LogP contribution < -0.4 is 4.72 Å². The van der Waals surface area contributed by atoms with Crippen LogP contribution in [0.2, 0.25) is 0 Å². The van der Waals surface area contributed by atoms with Crippen LogP contribution in [0.1, 0.15) is 35.7 Å². The molecule has 1 N–H and O–H groups in total. The normalized spacial score (nSPS) is 17.7. The molecule has 1 aromatic rings. The van der Waals surface area contributed by atoms with Gasteiger partial charge in [-0.2, -0.15) is 0 Å². The summed E-state index contributed by atoms with van der Waals surface area (Å²) < 4.78 is 24.8. The molecule has 0 radical (unpaired) electrons. The first-order chi connectivity index (χ1) is 6.92. The summed E-state index contributed by atoms with van der Waals surface area (Å²) in [6, 6.07) is 4.86. The van der Waals surface area contributed by atoms with Crippen molar-refractivity contribution in [1.29, 1.82) is 0 Å². The van der Waals surface area contributed by atoms with Crippen molar-refractivity contribution in [2.24, 2.45) is 0 Å². The van der Waals surface area contributed by atoms with Gasteiger partial charge in [-0.25, -0.2) is 13.1 Å². The molecule has 80 valence electrons. The fourth-order valence-electron chi connectivity index (χ4n) is 1.55. The summed E-state index contributed by atoms with van der Waals surface area (Å²) in [4.78, 5) is 11.4. The van der Waals surface area contributed by atoms with E-state index in [4.69, 9.17) is 0 Å². The zero-order chi connectivity index (χ0) is 11.2. The van der Waals surface area contributed by atoms with E-state index in [9.17, 15) is 13.2 Å². The number of sulfonamides is 1. The molecule has 15 heavy (non-hydrogen) atoms. The number of rotatable bonds is 1. The second-order valence-electron chi connectivity index (χ2n) is 3.84. The minimum absolute atomic E-state index is 0.0805. The average Bonchev–Trinajstić information content (AvgIpc) is 2.37. The Morgan fingerprint density at radius 3 is 2.53 bits per heavy atom. The summed E-state index contributed by atoms with van der Waals surface area (Å²) in [5.74, 6) is -0.265. The number of carbonyl (C=O) groups excluding carboxylic acids is 1. The molecular weight excluding hydrogens is 214 g/mol. The first-order valence-corrected chi connectivity index (χ1v) is 6.11. The van der Waals surface area contributed by atoms with E-state index in [0.717, 1.165) is 5.56 Å². The maximum atomic E-state index is 11.4. The van der Waals surface area contributed by atoms with E-state index < -0.39 is 15.9 Å². The highest BCUT2D eigenvalue weighted by Crippen LogP contribution is 2.26. The Balaban J connectivity index is 2.66. The molecule has 1 aliphatic rings. The number of hydrogen-bond acceptors (Lipinski definition) is 3. The van der Waals surface area contributed by atoms with Gasteiger partial charge in [0.05, 0.1) is 5.56 Å². The third-order valence-corrected chi connectivity index (χ3v) is 3.82. The molecule has 0 saturated heterocycles. The SMILES string of the molecule is CC(C)c1ccc2c(c1)C(=O)NS2(=O)=O. The van der Waals surface area contributed by atoms with Crippen LogP contribution in [-0.2, 0) is 10.0 Å². The Labute approximate surface area is 88.4 Å². The lowest BCUT2D eigenvalue weighted by Crippen LogP contribution is -2.20. The summed E-state index contributed by atoms with van der Waals surface area (Å²) in [6.45, 7) is 3.98. The molecule has 0 fully saturated rings. The largest absolute Gasteiger partial charge is 0.268 e. The minimum Gasteiger partial charge on any atom is -0.268 e. The highest BCUT2D eigenvalue weighted by atomic mass is 32.2. The van der Waals surface area contributed by atoms with Crippen LogP contribution in [0, 0.1) is 0 Å². The summed E-state index contributed by atoms with van der Waals surface area (Å²) in [6.07, 6.45) is 0. The van der Waals surface area contributed by atoms with Crippen molar-refractivity contribution >= 4 is 15.9 Å². The first kappa shape index (κ1) is 10.2. The van der Waals surface area contributed by atoms with Gasteiger partial charge < -0.3 is 0 Å². The van der Waals surface area contributed by atoms with Crippen LogP contribution in [0.4, 0.5) is 0 Å². The molecule has 1 aromatic carbocycles. The van der Waals surface area contributed by atoms with Crippen LogP contribution in [0.25, 0.3) is 0 Å². The van der Waals surface area contributed by atoms with E-state index in [-0.39, 0.29) is 16.4 Å². The van der Waals surface area contributed by atoms with Gasteiger partial charge in [-0.1, -0.05) is 19.9 Å². The average molecular weight is 225 g/mol. The molecule has 1 aliphatic heterocycles. The van der Waals surface area contributed by atoms with Crippen LogP contribution in [-0.4, -0.2) is 14.3 Å². The zero-order valence-electron chi connectivity index (χ0n) is 8.44. The van der Waals surface area contributed by atoms with E-state index in [0.29, 0.717) is 0 Å². The molecule has 0 aliphatic carbocycles. The van der Waals surface area contributed by atoms with Crippen LogP contribution in [0.15, 0.2) is 23.1 Å². The number of hydrogen-bond donors (Lipinski definition) is 1. The number of benzene rings is 1. The fourth-order valence-corrected chi connectivity index (χ4v) is 2.70. The summed E-state index contributed by atoms with van der Waals surface area (Å²) in [5.41, 5.74) is 1.21. The summed E-state index contributed by atoms with van der Waals surface area (Å²) in [7, 11) is -3.60. The van der Waals surface area contributed by atoms with Gasteiger partial charge >= 0.3 is 0 Å². The van der Waals surface area contributed by atoms with Gasteiger partial charge in [-0.05, 0) is 23.6 Å².